The minimum Gasteiger partial charge on any atom is -0.454 e. The third-order valence-corrected chi connectivity index (χ3v) is 4.31. The van der Waals surface area contributed by atoms with Crippen LogP contribution >= 0.6 is 0 Å². The van der Waals surface area contributed by atoms with Crippen molar-refractivity contribution in [1.29, 1.82) is 0 Å². The molecule has 1 aliphatic rings. The molecule has 2 aromatic rings. The minimum absolute atomic E-state index is 0.0672. The average Bonchev–Trinajstić information content (AvgIpc) is 3.22. The summed E-state index contributed by atoms with van der Waals surface area (Å²) in [5.74, 6) is 2.83. The smallest absolute Gasteiger partial charge is 0.246 e. The number of hydrogen-bond acceptors (Lipinski definition) is 7. The Balaban J connectivity index is 1.73. The van der Waals surface area contributed by atoms with Crippen molar-refractivity contribution in [1.82, 2.24) is 19.9 Å². The quantitative estimate of drug-likeness (QED) is 0.735. The lowest BCUT2D eigenvalue weighted by Gasteiger charge is -2.28. The van der Waals surface area contributed by atoms with Crippen LogP contribution in [0.1, 0.15) is 37.2 Å². The van der Waals surface area contributed by atoms with Crippen LogP contribution in [-0.2, 0) is 17.8 Å². The first-order chi connectivity index (χ1) is 12.8. The number of nitrogens with zero attached hydrogens (tertiary/aromatic N) is 4. The van der Waals surface area contributed by atoms with Gasteiger partial charge in [0.2, 0.25) is 18.6 Å². The van der Waals surface area contributed by atoms with Crippen molar-refractivity contribution in [2.24, 2.45) is 5.92 Å². The van der Waals surface area contributed by atoms with Gasteiger partial charge < -0.3 is 18.9 Å². The molecule has 0 unspecified atom stereocenters. The van der Waals surface area contributed by atoms with Crippen LogP contribution < -0.4 is 9.47 Å². The van der Waals surface area contributed by atoms with Crippen LogP contribution in [0.5, 0.6) is 11.5 Å². The van der Waals surface area contributed by atoms with E-state index in [2.05, 4.69) is 24.0 Å². The monoisotopic (exact) mass is 374 g/mol. The first-order valence-electron chi connectivity index (χ1n) is 8.97. The summed E-state index contributed by atoms with van der Waals surface area (Å²) in [5.41, 5.74) is 0.840. The van der Waals surface area contributed by atoms with Crippen LogP contribution in [0.15, 0.2) is 22.7 Å². The van der Waals surface area contributed by atoms with Gasteiger partial charge in [0, 0.05) is 13.5 Å². The van der Waals surface area contributed by atoms with Crippen LogP contribution in [0.2, 0.25) is 0 Å². The van der Waals surface area contributed by atoms with Crippen molar-refractivity contribution in [3.8, 4) is 11.5 Å². The van der Waals surface area contributed by atoms with Crippen LogP contribution in [0, 0.1) is 5.92 Å². The molecule has 1 aliphatic heterocycles. The maximum Gasteiger partial charge on any atom is 0.246 e. The molecule has 0 saturated carbocycles. The minimum atomic E-state index is -0.456. The maximum atomic E-state index is 13.1. The molecule has 0 N–H and O–H groups in total. The van der Waals surface area contributed by atoms with E-state index in [9.17, 15) is 4.79 Å². The van der Waals surface area contributed by atoms with E-state index in [1.807, 2.05) is 37.2 Å². The molecule has 0 spiro atoms. The maximum absolute atomic E-state index is 13.1. The second-order valence-corrected chi connectivity index (χ2v) is 7.38. The fourth-order valence-electron chi connectivity index (χ4n) is 3.04. The summed E-state index contributed by atoms with van der Waals surface area (Å²) in [6.45, 7) is 4.66. The lowest BCUT2D eigenvalue weighted by atomic mass is 10.0. The molecule has 0 aliphatic carbocycles. The third kappa shape index (κ3) is 4.39. The highest BCUT2D eigenvalue weighted by Gasteiger charge is 2.28. The van der Waals surface area contributed by atoms with Crippen LogP contribution in [-0.4, -0.2) is 53.8 Å². The second kappa shape index (κ2) is 7.96. The molecule has 8 heteroatoms. The Morgan fingerprint density at radius 3 is 2.63 bits per heavy atom. The lowest BCUT2D eigenvalue weighted by molar-refractivity contribution is -0.135. The number of amides is 1. The number of hydrogen-bond donors (Lipinski definition) is 0. The SMILES string of the molecule is CC(C)Cc1noc(CN(C)C(=O)[C@@H](c2ccc3c(c2)OCO3)N(C)C)n1. The zero-order chi connectivity index (χ0) is 19.6. The van der Waals surface area contributed by atoms with Gasteiger partial charge in [-0.2, -0.15) is 4.98 Å². The first-order valence-corrected chi connectivity index (χ1v) is 8.97. The summed E-state index contributed by atoms with van der Waals surface area (Å²) in [4.78, 5) is 20.9. The van der Waals surface area contributed by atoms with Gasteiger partial charge in [-0.3, -0.25) is 9.69 Å². The van der Waals surface area contributed by atoms with E-state index in [-0.39, 0.29) is 19.2 Å². The Labute approximate surface area is 159 Å². The molecule has 1 amide bonds. The Hall–Kier alpha value is -2.61. The van der Waals surface area contributed by atoms with Crippen molar-refractivity contribution in [2.45, 2.75) is 32.9 Å². The topological polar surface area (TPSA) is 80.9 Å². The molecule has 0 saturated heterocycles. The van der Waals surface area contributed by atoms with Crippen molar-refractivity contribution >= 4 is 5.91 Å². The zero-order valence-corrected chi connectivity index (χ0v) is 16.4. The number of fused-ring (bicyclic) bond motifs is 1. The average molecular weight is 374 g/mol. The summed E-state index contributed by atoms with van der Waals surface area (Å²) in [7, 11) is 5.47. The number of likely N-dealkylation sites (N-methyl/N-ethyl adjacent to an activating group) is 2. The number of ether oxygens (including phenoxy) is 2. The molecular formula is C19H26N4O4. The zero-order valence-electron chi connectivity index (χ0n) is 16.4. The normalized spacial score (nSPS) is 14.0. The Morgan fingerprint density at radius 2 is 1.93 bits per heavy atom. The highest BCUT2D eigenvalue weighted by Crippen LogP contribution is 2.35. The number of carbonyl (C=O) groups excluding carboxylic acids is 1. The van der Waals surface area contributed by atoms with Gasteiger partial charge >= 0.3 is 0 Å². The second-order valence-electron chi connectivity index (χ2n) is 7.38. The molecule has 8 nitrogen and oxygen atoms in total. The van der Waals surface area contributed by atoms with Crippen molar-refractivity contribution in [3.63, 3.8) is 0 Å². The van der Waals surface area contributed by atoms with Crippen molar-refractivity contribution in [3.05, 3.63) is 35.5 Å². The van der Waals surface area contributed by atoms with Gasteiger partial charge in [0.05, 0.1) is 6.54 Å². The van der Waals surface area contributed by atoms with E-state index in [0.717, 1.165) is 12.0 Å². The summed E-state index contributed by atoms with van der Waals surface area (Å²) in [6, 6.07) is 5.11. The lowest BCUT2D eigenvalue weighted by Crippen LogP contribution is -2.38. The molecule has 0 fully saturated rings. The number of carbonyl (C=O) groups is 1. The number of rotatable bonds is 7. The summed E-state index contributed by atoms with van der Waals surface area (Å²) >= 11 is 0. The standard InChI is InChI=1S/C19H26N4O4/c1-12(2)8-16-20-17(27-21-16)10-23(5)19(24)18(22(3)4)13-6-7-14-15(9-13)26-11-25-14/h6-7,9,12,18H,8,10-11H2,1-5H3/t18-/m1/s1. The fraction of sp³-hybridized carbons (Fsp3) is 0.526. The number of aromatic nitrogens is 2. The van der Waals surface area contributed by atoms with Gasteiger partial charge in [0.15, 0.2) is 17.3 Å². The molecule has 27 heavy (non-hydrogen) atoms. The van der Waals surface area contributed by atoms with Gasteiger partial charge in [-0.15, -0.1) is 0 Å². The summed E-state index contributed by atoms with van der Waals surface area (Å²) < 4.78 is 16.1. The van der Waals surface area contributed by atoms with E-state index in [1.54, 1.807) is 11.9 Å². The van der Waals surface area contributed by atoms with Crippen LogP contribution in [0.4, 0.5) is 0 Å². The molecule has 146 valence electrons. The molecule has 0 radical (unpaired) electrons. The van der Waals surface area contributed by atoms with Crippen LogP contribution in [0.3, 0.4) is 0 Å². The highest BCUT2D eigenvalue weighted by molar-refractivity contribution is 5.83. The predicted molar refractivity (Wildman–Crippen MR) is 98.3 cm³/mol. The molecule has 0 bridgehead atoms. The molecule has 2 heterocycles. The van der Waals surface area contributed by atoms with Crippen molar-refractivity contribution in [2.75, 3.05) is 27.9 Å². The van der Waals surface area contributed by atoms with Crippen molar-refractivity contribution < 1.29 is 18.8 Å². The Kier molecular flexibility index (Phi) is 5.65. The van der Waals surface area contributed by atoms with E-state index in [4.69, 9.17) is 14.0 Å². The molecule has 1 atom stereocenters. The fourth-order valence-corrected chi connectivity index (χ4v) is 3.04. The Bertz CT molecular complexity index is 803. The van der Waals surface area contributed by atoms with Gasteiger partial charge in [0.1, 0.15) is 6.04 Å². The van der Waals surface area contributed by atoms with Gasteiger partial charge in [-0.05, 0) is 37.7 Å². The highest BCUT2D eigenvalue weighted by atomic mass is 16.7. The molecular weight excluding hydrogens is 348 g/mol. The van der Waals surface area contributed by atoms with Crippen LogP contribution in [0.25, 0.3) is 0 Å². The van der Waals surface area contributed by atoms with Gasteiger partial charge in [0.25, 0.3) is 0 Å². The van der Waals surface area contributed by atoms with E-state index < -0.39 is 6.04 Å². The predicted octanol–water partition coefficient (Wildman–Crippen LogP) is 2.26. The largest absolute Gasteiger partial charge is 0.454 e. The molecule has 1 aromatic carbocycles. The summed E-state index contributed by atoms with van der Waals surface area (Å²) in [6.07, 6.45) is 0.749. The van der Waals surface area contributed by atoms with E-state index in [0.29, 0.717) is 29.1 Å². The molecule has 3 rings (SSSR count). The van der Waals surface area contributed by atoms with E-state index >= 15 is 0 Å². The van der Waals surface area contributed by atoms with E-state index in [1.165, 1.54) is 0 Å². The number of benzene rings is 1. The third-order valence-electron chi connectivity index (χ3n) is 4.31. The molecule has 1 aromatic heterocycles. The summed E-state index contributed by atoms with van der Waals surface area (Å²) in [5, 5.41) is 3.98. The Morgan fingerprint density at radius 1 is 1.19 bits per heavy atom. The van der Waals surface area contributed by atoms with Gasteiger partial charge in [-0.25, -0.2) is 0 Å². The van der Waals surface area contributed by atoms with Gasteiger partial charge in [-0.1, -0.05) is 25.1 Å². The first kappa shape index (κ1) is 19.2.